The van der Waals surface area contributed by atoms with E-state index >= 15 is 0 Å². The van der Waals surface area contributed by atoms with Crippen LogP contribution in [0, 0.1) is 0 Å². The van der Waals surface area contributed by atoms with Crippen LogP contribution >= 0.6 is 7.36 Å². The fourth-order valence-electron chi connectivity index (χ4n) is 0.0680. The zero-order chi connectivity index (χ0) is 4.12. The Bertz CT molecular complexity index is 36.2. The molecule has 5 heavy (non-hydrogen) atoms. The molecule has 0 rings (SSSR count). The van der Waals surface area contributed by atoms with E-state index < -0.39 is 0 Å². The lowest BCUT2D eigenvalue weighted by Gasteiger charge is -1.63. The van der Waals surface area contributed by atoms with Gasteiger partial charge in [-0.3, -0.25) is 0 Å². The molecule has 0 aromatic rings. The summed E-state index contributed by atoms with van der Waals surface area (Å²) in [5, 5.41) is 0. The first-order chi connectivity index (χ1) is 2.41. The molecule has 0 aromatic carbocycles. The highest BCUT2D eigenvalue weighted by Gasteiger charge is 1.53. The molecule has 0 saturated heterocycles. The van der Waals surface area contributed by atoms with Gasteiger partial charge in [-0.25, -0.2) is 0 Å². The Kier molecular flexibility index (Phi) is 4.73. The third kappa shape index (κ3) is 4.39. The van der Waals surface area contributed by atoms with Gasteiger partial charge in [0.05, 0.1) is 0 Å². The summed E-state index contributed by atoms with van der Waals surface area (Å²) < 4.78 is 0. The van der Waals surface area contributed by atoms with Gasteiger partial charge >= 0.3 is 0 Å². The molecule has 1 atom stereocenters. The molecule has 0 fully saturated rings. The minimum Gasteiger partial charge on any atom is -0.104 e. The number of hydrogen-bond donors (Lipinski definition) is 0. The van der Waals surface area contributed by atoms with Crippen molar-refractivity contribution in [3.63, 3.8) is 0 Å². The molecule has 0 saturated carbocycles. The van der Waals surface area contributed by atoms with Crippen molar-refractivity contribution in [2.45, 2.75) is 0 Å². The van der Waals surface area contributed by atoms with E-state index in [2.05, 4.69) is 18.4 Å². The van der Waals surface area contributed by atoms with Crippen LogP contribution in [0.5, 0.6) is 0 Å². The molecule has 1 unspecified atom stereocenters. The van der Waals surface area contributed by atoms with Gasteiger partial charge in [-0.15, -0.1) is 18.4 Å². The molecule has 0 spiro atoms. The van der Waals surface area contributed by atoms with Crippen LogP contribution in [-0.4, -0.2) is 6.16 Å². The summed E-state index contributed by atoms with van der Waals surface area (Å²) in [6, 6.07) is 0. The lowest BCUT2D eigenvalue weighted by Crippen LogP contribution is -1.47. The van der Waals surface area contributed by atoms with Crippen LogP contribution in [0.2, 0.25) is 0 Å². The zero-order valence-electron chi connectivity index (χ0n) is 2.98. The van der Waals surface area contributed by atoms with Crippen LogP contribution < -0.4 is 0 Å². The van der Waals surface area contributed by atoms with E-state index in [1.807, 2.05) is 6.08 Å². The molecule has 0 bridgehead atoms. The van der Waals surface area contributed by atoms with Gasteiger partial charge in [-0.2, -0.15) is 0 Å². The Balaban J connectivity index is 2.65. The summed E-state index contributed by atoms with van der Waals surface area (Å²) in [6.07, 6.45) is 2.91. The van der Waals surface area contributed by atoms with Crippen molar-refractivity contribution in [2.75, 3.05) is 6.16 Å². The standard InChI is InChI=1S/C3H7PS/c1-2-3-4-5/h2H,1,3-4H2. The van der Waals surface area contributed by atoms with Gasteiger partial charge < -0.3 is 0 Å². The lowest BCUT2D eigenvalue weighted by atomic mass is 10.8. The molecule has 0 aromatic heterocycles. The van der Waals surface area contributed by atoms with Gasteiger partial charge in [0.25, 0.3) is 0 Å². The molecule has 0 N–H and O–H groups in total. The van der Waals surface area contributed by atoms with Gasteiger partial charge in [-0.05, 0) is 6.16 Å². The Morgan fingerprint density at radius 2 is 2.60 bits per heavy atom. The summed E-state index contributed by atoms with van der Waals surface area (Å²) in [5.41, 5.74) is 0. The van der Waals surface area contributed by atoms with Crippen LogP contribution in [-0.2, 0) is 11.8 Å². The van der Waals surface area contributed by atoms with Crippen LogP contribution in [0.25, 0.3) is 0 Å². The predicted octanol–water partition coefficient (Wildman–Crippen LogP) is 1.05. The van der Waals surface area contributed by atoms with Crippen molar-refractivity contribution in [1.82, 2.24) is 0 Å². The zero-order valence-corrected chi connectivity index (χ0v) is 4.95. The van der Waals surface area contributed by atoms with Gasteiger partial charge in [0.15, 0.2) is 0 Å². The average Bonchev–Trinajstić information content (AvgIpc) is 1.41. The molecule has 0 nitrogen and oxygen atoms in total. The Labute approximate surface area is 38.7 Å². The summed E-state index contributed by atoms with van der Waals surface area (Å²) in [6.45, 7) is 3.50. The number of rotatable bonds is 2. The van der Waals surface area contributed by atoms with E-state index in [-0.39, 0.29) is 7.36 Å². The van der Waals surface area contributed by atoms with Gasteiger partial charge in [0.2, 0.25) is 0 Å². The SMILES string of the molecule is C=CC[PH2]=S. The van der Waals surface area contributed by atoms with Crippen molar-refractivity contribution in [3.05, 3.63) is 12.7 Å². The summed E-state index contributed by atoms with van der Waals surface area (Å²) in [5.74, 6) is 0. The molecular formula is C3H7PS. The predicted molar refractivity (Wildman–Crippen MR) is 32.1 cm³/mol. The van der Waals surface area contributed by atoms with E-state index in [9.17, 15) is 0 Å². The first-order valence-electron chi connectivity index (χ1n) is 1.46. The van der Waals surface area contributed by atoms with Crippen molar-refractivity contribution in [3.8, 4) is 0 Å². The van der Waals surface area contributed by atoms with Gasteiger partial charge in [0.1, 0.15) is 0 Å². The van der Waals surface area contributed by atoms with E-state index in [1.54, 1.807) is 0 Å². The normalized spacial score (nSPS) is 9.60. The van der Waals surface area contributed by atoms with E-state index in [1.165, 1.54) is 0 Å². The van der Waals surface area contributed by atoms with E-state index in [0.29, 0.717) is 0 Å². The monoisotopic (exact) mass is 106 g/mol. The van der Waals surface area contributed by atoms with Crippen LogP contribution in [0.4, 0.5) is 0 Å². The molecular weight excluding hydrogens is 99.1 g/mol. The second-order valence-electron chi connectivity index (χ2n) is 0.691. The molecule has 0 radical (unpaired) electrons. The lowest BCUT2D eigenvalue weighted by molar-refractivity contribution is 1.83. The Morgan fingerprint density at radius 1 is 2.00 bits per heavy atom. The maximum Gasteiger partial charge on any atom is -0.0107 e. The third-order valence-corrected chi connectivity index (χ3v) is 1.37. The first-order valence-corrected chi connectivity index (χ1v) is 4.16. The topological polar surface area (TPSA) is 0 Å². The maximum atomic E-state index is 4.66. The minimum atomic E-state index is 0.251. The summed E-state index contributed by atoms with van der Waals surface area (Å²) in [4.78, 5) is 0. The second kappa shape index (κ2) is 4.39. The van der Waals surface area contributed by atoms with Crippen LogP contribution in [0.3, 0.4) is 0 Å². The largest absolute Gasteiger partial charge is 0.104 e. The smallest absolute Gasteiger partial charge is 0.0107 e. The molecule has 0 heterocycles. The molecule has 0 amide bonds. The fourth-order valence-corrected chi connectivity index (χ4v) is 0.612. The minimum absolute atomic E-state index is 0.251. The van der Waals surface area contributed by atoms with E-state index in [4.69, 9.17) is 0 Å². The number of hydrogen-bond acceptors (Lipinski definition) is 1. The van der Waals surface area contributed by atoms with Crippen molar-refractivity contribution in [1.29, 1.82) is 0 Å². The highest BCUT2D eigenvalue weighted by molar-refractivity contribution is 7.96. The molecule has 30 valence electrons. The highest BCUT2D eigenvalue weighted by atomic mass is 32.4. The van der Waals surface area contributed by atoms with Crippen molar-refractivity contribution < 1.29 is 0 Å². The molecule has 2 heteroatoms. The Morgan fingerprint density at radius 3 is 2.60 bits per heavy atom. The fraction of sp³-hybridized carbons (Fsp3) is 0.333. The number of allylic oxidation sites excluding steroid dienone is 1. The van der Waals surface area contributed by atoms with Crippen LogP contribution in [0.1, 0.15) is 0 Å². The molecule has 0 aliphatic rings. The summed E-state index contributed by atoms with van der Waals surface area (Å²) >= 11 is 4.66. The molecule has 0 aliphatic heterocycles. The highest BCUT2D eigenvalue weighted by Crippen LogP contribution is 1.87. The second-order valence-corrected chi connectivity index (χ2v) is 2.50. The van der Waals surface area contributed by atoms with Gasteiger partial charge in [0, 0.05) is 0 Å². The summed E-state index contributed by atoms with van der Waals surface area (Å²) in [7, 11) is 0.251. The van der Waals surface area contributed by atoms with Gasteiger partial charge in [-0.1, -0.05) is 13.4 Å². The molecule has 0 aliphatic carbocycles. The maximum absolute atomic E-state index is 4.66. The Hall–Kier alpha value is 0.390. The first kappa shape index (κ1) is 5.39. The van der Waals surface area contributed by atoms with Crippen molar-refractivity contribution >= 4 is 19.2 Å². The van der Waals surface area contributed by atoms with E-state index in [0.717, 1.165) is 6.16 Å². The van der Waals surface area contributed by atoms with Crippen molar-refractivity contribution in [2.24, 2.45) is 0 Å². The quantitative estimate of drug-likeness (QED) is 0.374. The third-order valence-electron chi connectivity index (χ3n) is 0.263. The van der Waals surface area contributed by atoms with Crippen LogP contribution in [0.15, 0.2) is 12.7 Å². The average molecular weight is 106 g/mol.